The first-order chi connectivity index (χ1) is 10.3. The molecule has 1 aliphatic rings. The Labute approximate surface area is 123 Å². The van der Waals surface area contributed by atoms with Gasteiger partial charge in [-0.3, -0.25) is 0 Å². The highest BCUT2D eigenvalue weighted by molar-refractivity contribution is 5.53. The van der Waals surface area contributed by atoms with Crippen LogP contribution in [0, 0.1) is 5.92 Å². The SMILES string of the molecule is COC(c1noc(-c2ccc(N)nc2)n1)C1CCCCC1. The van der Waals surface area contributed by atoms with Crippen molar-refractivity contribution in [2.24, 2.45) is 5.92 Å². The van der Waals surface area contributed by atoms with Crippen molar-refractivity contribution in [2.75, 3.05) is 12.8 Å². The highest BCUT2D eigenvalue weighted by atomic mass is 16.5. The van der Waals surface area contributed by atoms with Gasteiger partial charge in [0.2, 0.25) is 5.82 Å². The molecule has 0 aliphatic heterocycles. The van der Waals surface area contributed by atoms with E-state index in [0.717, 1.165) is 18.4 Å². The van der Waals surface area contributed by atoms with E-state index in [1.54, 1.807) is 19.4 Å². The normalized spacial score (nSPS) is 17.8. The Morgan fingerprint density at radius 3 is 2.76 bits per heavy atom. The molecule has 3 rings (SSSR count). The number of pyridine rings is 1. The first-order valence-corrected chi connectivity index (χ1v) is 7.36. The summed E-state index contributed by atoms with van der Waals surface area (Å²) >= 11 is 0. The van der Waals surface area contributed by atoms with Crippen LogP contribution in [0.4, 0.5) is 5.82 Å². The predicted molar refractivity (Wildman–Crippen MR) is 78.3 cm³/mol. The molecule has 1 unspecified atom stereocenters. The summed E-state index contributed by atoms with van der Waals surface area (Å²) in [4.78, 5) is 8.51. The summed E-state index contributed by atoms with van der Waals surface area (Å²) in [5.74, 6) is 2.01. The van der Waals surface area contributed by atoms with Gasteiger partial charge in [0, 0.05) is 13.3 Å². The smallest absolute Gasteiger partial charge is 0.259 e. The number of nitrogens with zero attached hydrogens (tertiary/aromatic N) is 3. The minimum absolute atomic E-state index is 0.0930. The van der Waals surface area contributed by atoms with Gasteiger partial charge in [0.1, 0.15) is 11.9 Å². The van der Waals surface area contributed by atoms with Gasteiger partial charge in [-0.25, -0.2) is 4.98 Å². The molecule has 0 radical (unpaired) electrons. The van der Waals surface area contributed by atoms with Gasteiger partial charge in [-0.15, -0.1) is 0 Å². The maximum Gasteiger partial charge on any atom is 0.259 e. The minimum Gasteiger partial charge on any atom is -0.384 e. The lowest BCUT2D eigenvalue weighted by atomic mass is 9.85. The maximum absolute atomic E-state index is 5.62. The van der Waals surface area contributed by atoms with Crippen molar-refractivity contribution in [3.05, 3.63) is 24.2 Å². The van der Waals surface area contributed by atoms with Crippen LogP contribution in [0.5, 0.6) is 0 Å². The number of hydrogen-bond acceptors (Lipinski definition) is 6. The molecule has 0 aromatic carbocycles. The average Bonchev–Trinajstić information content (AvgIpc) is 2.99. The Morgan fingerprint density at radius 2 is 2.10 bits per heavy atom. The molecule has 21 heavy (non-hydrogen) atoms. The molecule has 112 valence electrons. The van der Waals surface area contributed by atoms with E-state index in [2.05, 4.69) is 15.1 Å². The van der Waals surface area contributed by atoms with Crippen molar-refractivity contribution in [3.63, 3.8) is 0 Å². The van der Waals surface area contributed by atoms with E-state index in [0.29, 0.717) is 23.5 Å². The fourth-order valence-electron chi connectivity index (χ4n) is 2.95. The quantitative estimate of drug-likeness (QED) is 0.930. The van der Waals surface area contributed by atoms with E-state index in [9.17, 15) is 0 Å². The third kappa shape index (κ3) is 3.05. The fourth-order valence-corrected chi connectivity index (χ4v) is 2.95. The van der Waals surface area contributed by atoms with Crippen LogP contribution in [0.15, 0.2) is 22.9 Å². The molecule has 2 N–H and O–H groups in total. The van der Waals surface area contributed by atoms with Crippen LogP contribution in [0.2, 0.25) is 0 Å². The molecular weight excluding hydrogens is 268 g/mol. The molecule has 6 heteroatoms. The fraction of sp³-hybridized carbons (Fsp3) is 0.533. The molecule has 2 aromatic heterocycles. The third-order valence-electron chi connectivity index (χ3n) is 4.06. The average molecular weight is 288 g/mol. The predicted octanol–water partition coefficient (Wildman–Crippen LogP) is 2.98. The van der Waals surface area contributed by atoms with Gasteiger partial charge >= 0.3 is 0 Å². The summed E-state index contributed by atoms with van der Waals surface area (Å²) < 4.78 is 11.0. The molecule has 6 nitrogen and oxygen atoms in total. The zero-order valence-electron chi connectivity index (χ0n) is 12.2. The Hall–Kier alpha value is -1.95. The van der Waals surface area contributed by atoms with Crippen molar-refractivity contribution >= 4 is 5.82 Å². The molecule has 1 saturated carbocycles. The Kier molecular flexibility index (Phi) is 4.15. The van der Waals surface area contributed by atoms with Crippen LogP contribution in [0.25, 0.3) is 11.5 Å². The molecule has 0 spiro atoms. The minimum atomic E-state index is -0.0930. The molecule has 0 bridgehead atoms. The van der Waals surface area contributed by atoms with Crippen LogP contribution in [0.3, 0.4) is 0 Å². The van der Waals surface area contributed by atoms with Gasteiger partial charge in [0.05, 0.1) is 5.56 Å². The first-order valence-electron chi connectivity index (χ1n) is 7.36. The van der Waals surface area contributed by atoms with Gasteiger partial charge in [-0.1, -0.05) is 24.4 Å². The van der Waals surface area contributed by atoms with E-state index < -0.39 is 0 Å². The largest absolute Gasteiger partial charge is 0.384 e. The molecule has 0 saturated heterocycles. The van der Waals surface area contributed by atoms with Crippen LogP contribution in [-0.4, -0.2) is 22.2 Å². The molecule has 1 atom stereocenters. The van der Waals surface area contributed by atoms with Gasteiger partial charge < -0.3 is 15.0 Å². The Morgan fingerprint density at radius 1 is 1.29 bits per heavy atom. The highest BCUT2D eigenvalue weighted by Gasteiger charge is 2.29. The Bertz CT molecular complexity index is 576. The molecule has 0 amide bonds. The van der Waals surface area contributed by atoms with Crippen molar-refractivity contribution in [1.29, 1.82) is 0 Å². The highest BCUT2D eigenvalue weighted by Crippen LogP contribution is 2.35. The first kappa shape index (κ1) is 14.0. The molecule has 1 aliphatic carbocycles. The second-order valence-electron chi connectivity index (χ2n) is 5.48. The van der Waals surface area contributed by atoms with Gasteiger partial charge in [-0.05, 0) is 30.9 Å². The van der Waals surface area contributed by atoms with E-state index in [4.69, 9.17) is 15.0 Å². The van der Waals surface area contributed by atoms with Crippen LogP contribution >= 0.6 is 0 Å². The van der Waals surface area contributed by atoms with Gasteiger partial charge in [0.25, 0.3) is 5.89 Å². The third-order valence-corrected chi connectivity index (χ3v) is 4.06. The molecular formula is C15H20N4O2. The monoisotopic (exact) mass is 288 g/mol. The number of nitrogens with two attached hydrogens (primary N) is 1. The summed E-state index contributed by atoms with van der Waals surface area (Å²) in [7, 11) is 1.71. The molecule has 2 aromatic rings. The zero-order valence-corrected chi connectivity index (χ0v) is 12.2. The molecule has 1 fully saturated rings. The van der Waals surface area contributed by atoms with Gasteiger partial charge in [0.15, 0.2) is 0 Å². The number of aromatic nitrogens is 3. The summed E-state index contributed by atoms with van der Waals surface area (Å²) in [6.07, 6.45) is 7.66. The van der Waals surface area contributed by atoms with E-state index >= 15 is 0 Å². The topological polar surface area (TPSA) is 87.1 Å². The number of hydrogen-bond donors (Lipinski definition) is 1. The Balaban J connectivity index is 1.80. The van der Waals surface area contributed by atoms with Crippen molar-refractivity contribution in [1.82, 2.24) is 15.1 Å². The van der Waals surface area contributed by atoms with E-state index in [1.165, 1.54) is 19.3 Å². The lowest BCUT2D eigenvalue weighted by molar-refractivity contribution is 0.0274. The summed E-state index contributed by atoms with van der Waals surface area (Å²) in [5, 5.41) is 4.09. The maximum atomic E-state index is 5.62. The standard InChI is InChI=1S/C15H20N4O2/c1-20-13(10-5-3-2-4-6-10)14-18-15(21-19-14)11-7-8-12(16)17-9-11/h7-10,13H,2-6H2,1H3,(H2,16,17). The summed E-state index contributed by atoms with van der Waals surface area (Å²) in [5.41, 5.74) is 6.34. The van der Waals surface area contributed by atoms with Crippen LogP contribution in [-0.2, 0) is 4.74 Å². The number of ether oxygens (including phenoxy) is 1. The van der Waals surface area contributed by atoms with Crippen LogP contribution < -0.4 is 5.73 Å². The number of nitrogen functional groups attached to an aromatic ring is 1. The number of methoxy groups -OCH3 is 1. The second-order valence-corrected chi connectivity index (χ2v) is 5.48. The van der Waals surface area contributed by atoms with Crippen LogP contribution in [0.1, 0.15) is 44.0 Å². The zero-order chi connectivity index (χ0) is 14.7. The lowest BCUT2D eigenvalue weighted by Gasteiger charge is -2.26. The second kappa shape index (κ2) is 6.22. The van der Waals surface area contributed by atoms with E-state index in [1.807, 2.05) is 6.07 Å². The van der Waals surface area contributed by atoms with E-state index in [-0.39, 0.29) is 6.10 Å². The number of anilines is 1. The summed E-state index contributed by atoms with van der Waals surface area (Å²) in [6.45, 7) is 0. The lowest BCUT2D eigenvalue weighted by Crippen LogP contribution is -2.19. The van der Waals surface area contributed by atoms with Gasteiger partial charge in [-0.2, -0.15) is 4.98 Å². The van der Waals surface area contributed by atoms with Crippen molar-refractivity contribution in [2.45, 2.75) is 38.2 Å². The molecule has 2 heterocycles. The van der Waals surface area contributed by atoms with Crippen molar-refractivity contribution in [3.8, 4) is 11.5 Å². The van der Waals surface area contributed by atoms with Crippen molar-refractivity contribution < 1.29 is 9.26 Å². The number of rotatable bonds is 4. The summed E-state index contributed by atoms with van der Waals surface area (Å²) in [6, 6.07) is 3.54.